The minimum absolute atomic E-state index is 0.0180. The fraction of sp³-hybridized carbons (Fsp3) is 0.962. The first kappa shape index (κ1) is 28.4. The van der Waals surface area contributed by atoms with Gasteiger partial charge in [0, 0.05) is 0 Å². The zero-order valence-corrected chi connectivity index (χ0v) is 20.3. The molecule has 0 spiro atoms. The third-order valence-corrected chi connectivity index (χ3v) is 5.77. The first-order valence-corrected chi connectivity index (χ1v) is 13.1. The Morgan fingerprint density at radius 3 is 1.38 bits per heavy atom. The summed E-state index contributed by atoms with van der Waals surface area (Å²) in [5.41, 5.74) is 0. The van der Waals surface area contributed by atoms with Crippen molar-refractivity contribution in [1.29, 1.82) is 0 Å². The molecule has 0 aliphatic carbocycles. The van der Waals surface area contributed by atoms with Crippen LogP contribution >= 0.6 is 0 Å². The lowest BCUT2D eigenvalue weighted by atomic mass is 10.1. The van der Waals surface area contributed by atoms with Crippen LogP contribution in [0.3, 0.4) is 0 Å². The van der Waals surface area contributed by atoms with Crippen LogP contribution in [0.15, 0.2) is 0 Å². The van der Waals surface area contributed by atoms with Gasteiger partial charge in [0.1, 0.15) is 0 Å². The number of rotatable bonds is 23. The molecular formula is C26H53NO2. The van der Waals surface area contributed by atoms with Crippen LogP contribution in [0.4, 0.5) is 0 Å². The van der Waals surface area contributed by atoms with Gasteiger partial charge in [0.25, 0.3) is 0 Å². The number of ether oxygens (including phenoxy) is 1. The van der Waals surface area contributed by atoms with E-state index in [9.17, 15) is 4.79 Å². The second-order valence-corrected chi connectivity index (χ2v) is 8.80. The van der Waals surface area contributed by atoms with E-state index >= 15 is 0 Å². The highest BCUT2D eigenvalue weighted by Gasteiger charge is 2.11. The molecule has 3 nitrogen and oxygen atoms in total. The van der Waals surface area contributed by atoms with Crippen LogP contribution in [0.2, 0.25) is 0 Å². The monoisotopic (exact) mass is 411 g/mol. The van der Waals surface area contributed by atoms with E-state index in [1.165, 1.54) is 109 Å². The average Bonchev–Trinajstić information content (AvgIpc) is 2.72. The summed E-state index contributed by atoms with van der Waals surface area (Å²) in [5, 5.41) is 0. The highest BCUT2D eigenvalue weighted by molar-refractivity contribution is 5.71. The van der Waals surface area contributed by atoms with E-state index in [4.69, 9.17) is 4.74 Å². The number of hydrogen-bond acceptors (Lipinski definition) is 3. The molecule has 0 aromatic carbocycles. The SMILES string of the molecule is CCCCCCCCOC(=O)CN(CCCCCCCC)CCCCCCCC. The molecule has 0 aromatic heterocycles. The van der Waals surface area contributed by atoms with Crippen molar-refractivity contribution in [2.45, 2.75) is 136 Å². The maximum Gasteiger partial charge on any atom is 0.320 e. The van der Waals surface area contributed by atoms with E-state index in [-0.39, 0.29) is 5.97 Å². The van der Waals surface area contributed by atoms with Crippen LogP contribution in [-0.4, -0.2) is 37.1 Å². The van der Waals surface area contributed by atoms with Crippen molar-refractivity contribution in [1.82, 2.24) is 4.90 Å². The van der Waals surface area contributed by atoms with Gasteiger partial charge in [-0.15, -0.1) is 0 Å². The smallest absolute Gasteiger partial charge is 0.320 e. The maximum atomic E-state index is 12.3. The molecule has 0 aliphatic heterocycles. The fourth-order valence-corrected chi connectivity index (χ4v) is 3.80. The number of esters is 1. The molecule has 3 heteroatoms. The summed E-state index contributed by atoms with van der Waals surface area (Å²) < 4.78 is 5.52. The molecular weight excluding hydrogens is 358 g/mol. The lowest BCUT2D eigenvalue weighted by Crippen LogP contribution is -2.33. The van der Waals surface area contributed by atoms with Gasteiger partial charge in [-0.3, -0.25) is 9.69 Å². The Kier molecular flexibility index (Phi) is 23.2. The summed E-state index contributed by atoms with van der Waals surface area (Å²) in [6.45, 7) is 9.95. The Bertz CT molecular complexity index is 317. The van der Waals surface area contributed by atoms with Crippen LogP contribution < -0.4 is 0 Å². The van der Waals surface area contributed by atoms with Crippen molar-refractivity contribution < 1.29 is 9.53 Å². The van der Waals surface area contributed by atoms with Gasteiger partial charge in [-0.05, 0) is 32.4 Å². The van der Waals surface area contributed by atoms with Crippen molar-refractivity contribution in [3.05, 3.63) is 0 Å². The predicted octanol–water partition coefficient (Wildman–Crippen LogP) is 7.91. The topological polar surface area (TPSA) is 29.5 Å². The largest absolute Gasteiger partial charge is 0.465 e. The molecule has 0 unspecified atom stereocenters. The Morgan fingerprint density at radius 2 is 0.931 bits per heavy atom. The summed E-state index contributed by atoms with van der Waals surface area (Å²) in [5.74, 6) is -0.0180. The fourth-order valence-electron chi connectivity index (χ4n) is 3.80. The van der Waals surface area contributed by atoms with Gasteiger partial charge >= 0.3 is 5.97 Å². The second-order valence-electron chi connectivity index (χ2n) is 8.80. The standard InChI is InChI=1S/C26H53NO2/c1-4-7-10-13-16-19-22-27(23-20-17-14-11-8-5-2)25-26(28)29-24-21-18-15-12-9-6-3/h4-25H2,1-3H3. The van der Waals surface area contributed by atoms with Crippen molar-refractivity contribution in [3.8, 4) is 0 Å². The van der Waals surface area contributed by atoms with Gasteiger partial charge < -0.3 is 4.74 Å². The lowest BCUT2D eigenvalue weighted by Gasteiger charge is -2.21. The second kappa shape index (κ2) is 23.7. The first-order valence-electron chi connectivity index (χ1n) is 13.1. The molecule has 0 bridgehead atoms. The Labute approximate surface area is 183 Å². The Morgan fingerprint density at radius 1 is 0.552 bits per heavy atom. The number of hydrogen-bond donors (Lipinski definition) is 0. The van der Waals surface area contributed by atoms with E-state index in [0.717, 1.165) is 19.5 Å². The summed E-state index contributed by atoms with van der Waals surface area (Å²) in [7, 11) is 0. The first-order chi connectivity index (χ1) is 14.2. The highest BCUT2D eigenvalue weighted by atomic mass is 16.5. The van der Waals surface area contributed by atoms with E-state index in [1.54, 1.807) is 0 Å². The summed E-state index contributed by atoms with van der Waals surface area (Å²) in [6, 6.07) is 0. The summed E-state index contributed by atoms with van der Waals surface area (Å²) in [6.07, 6.45) is 23.1. The number of unbranched alkanes of at least 4 members (excludes halogenated alkanes) is 15. The predicted molar refractivity (Wildman–Crippen MR) is 128 cm³/mol. The van der Waals surface area contributed by atoms with Gasteiger partial charge in [0.15, 0.2) is 0 Å². The maximum absolute atomic E-state index is 12.3. The summed E-state index contributed by atoms with van der Waals surface area (Å²) in [4.78, 5) is 14.6. The number of carbonyl (C=O) groups is 1. The van der Waals surface area contributed by atoms with E-state index < -0.39 is 0 Å². The quantitative estimate of drug-likeness (QED) is 0.126. The van der Waals surface area contributed by atoms with Crippen LogP contribution in [0.5, 0.6) is 0 Å². The van der Waals surface area contributed by atoms with Crippen molar-refractivity contribution in [2.75, 3.05) is 26.2 Å². The molecule has 0 rings (SSSR count). The normalized spacial score (nSPS) is 11.3. The molecule has 0 atom stereocenters. The molecule has 0 fully saturated rings. The molecule has 0 aromatic rings. The highest BCUT2D eigenvalue weighted by Crippen LogP contribution is 2.10. The zero-order valence-electron chi connectivity index (χ0n) is 20.3. The van der Waals surface area contributed by atoms with Crippen LogP contribution in [0.1, 0.15) is 136 Å². The van der Waals surface area contributed by atoms with E-state index in [1.807, 2.05) is 0 Å². The molecule has 0 saturated carbocycles. The van der Waals surface area contributed by atoms with Crippen molar-refractivity contribution in [3.63, 3.8) is 0 Å². The van der Waals surface area contributed by atoms with Crippen LogP contribution in [-0.2, 0) is 9.53 Å². The number of nitrogens with zero attached hydrogens (tertiary/aromatic N) is 1. The molecule has 0 radical (unpaired) electrons. The zero-order chi connectivity index (χ0) is 21.4. The lowest BCUT2D eigenvalue weighted by molar-refractivity contribution is -0.145. The van der Waals surface area contributed by atoms with Gasteiger partial charge in [-0.25, -0.2) is 0 Å². The molecule has 0 N–H and O–H groups in total. The molecule has 174 valence electrons. The van der Waals surface area contributed by atoms with Crippen LogP contribution in [0.25, 0.3) is 0 Å². The van der Waals surface area contributed by atoms with E-state index in [2.05, 4.69) is 25.7 Å². The minimum atomic E-state index is -0.0180. The van der Waals surface area contributed by atoms with Crippen molar-refractivity contribution >= 4 is 5.97 Å². The Hall–Kier alpha value is -0.570. The van der Waals surface area contributed by atoms with Gasteiger partial charge in [-0.2, -0.15) is 0 Å². The van der Waals surface area contributed by atoms with Crippen molar-refractivity contribution in [2.24, 2.45) is 0 Å². The van der Waals surface area contributed by atoms with Crippen LogP contribution in [0, 0.1) is 0 Å². The third kappa shape index (κ3) is 21.9. The van der Waals surface area contributed by atoms with Gasteiger partial charge in [-0.1, -0.05) is 117 Å². The third-order valence-electron chi connectivity index (χ3n) is 5.77. The summed E-state index contributed by atoms with van der Waals surface area (Å²) >= 11 is 0. The van der Waals surface area contributed by atoms with E-state index in [0.29, 0.717) is 13.2 Å². The molecule has 29 heavy (non-hydrogen) atoms. The molecule has 0 heterocycles. The molecule has 0 amide bonds. The van der Waals surface area contributed by atoms with Gasteiger partial charge in [0.2, 0.25) is 0 Å². The van der Waals surface area contributed by atoms with Gasteiger partial charge in [0.05, 0.1) is 13.2 Å². The molecule has 0 aliphatic rings. The minimum Gasteiger partial charge on any atom is -0.465 e. The molecule has 0 saturated heterocycles. The average molecular weight is 412 g/mol. The number of carbonyl (C=O) groups excluding carboxylic acids is 1. The Balaban J connectivity index is 3.98.